The number of ketones is 1. The lowest BCUT2D eigenvalue weighted by Crippen LogP contribution is -2.32. The van der Waals surface area contributed by atoms with Crippen molar-refractivity contribution in [1.82, 2.24) is 10.2 Å². The Kier molecular flexibility index (Phi) is 11.0. The quantitative estimate of drug-likeness (QED) is 0.247. The van der Waals surface area contributed by atoms with Gasteiger partial charge in [0.25, 0.3) is 5.91 Å². The summed E-state index contributed by atoms with van der Waals surface area (Å²) in [5.74, 6) is -1.40. The summed E-state index contributed by atoms with van der Waals surface area (Å²) in [6.07, 6.45) is 10.1. The predicted molar refractivity (Wildman–Crippen MR) is 166 cm³/mol. The first-order chi connectivity index (χ1) is 20.0. The first kappa shape index (κ1) is 29.9. The molecule has 1 unspecified atom stereocenters. The number of unbranched alkanes of at least 4 members (excludes halogenated alkanes) is 1. The van der Waals surface area contributed by atoms with E-state index in [0.717, 1.165) is 43.6 Å². The van der Waals surface area contributed by atoms with Crippen LogP contribution in [-0.2, 0) is 11.3 Å². The van der Waals surface area contributed by atoms with Crippen molar-refractivity contribution in [3.8, 4) is 0 Å². The zero-order valence-electron chi connectivity index (χ0n) is 24.0. The summed E-state index contributed by atoms with van der Waals surface area (Å²) < 4.78 is 0. The minimum Gasteiger partial charge on any atom is -0.366 e. The van der Waals surface area contributed by atoms with E-state index in [0.29, 0.717) is 23.1 Å². The molecule has 3 aromatic rings. The average Bonchev–Trinajstić information content (AvgIpc) is 3.00. The van der Waals surface area contributed by atoms with Gasteiger partial charge in [-0.3, -0.25) is 19.3 Å². The number of piperidine rings is 1. The number of amides is 2. The van der Waals surface area contributed by atoms with E-state index < -0.39 is 11.8 Å². The molecule has 6 nitrogen and oxygen atoms in total. The van der Waals surface area contributed by atoms with E-state index in [4.69, 9.17) is 5.73 Å². The number of rotatable bonds is 13. The molecule has 0 saturated carbocycles. The van der Waals surface area contributed by atoms with Crippen molar-refractivity contribution < 1.29 is 14.4 Å². The maximum Gasteiger partial charge on any atom is 0.251 e. The number of nitrogens with zero attached hydrogens (tertiary/aromatic N) is 1. The first-order valence-electron chi connectivity index (χ1n) is 14.7. The Labute approximate surface area is 243 Å². The van der Waals surface area contributed by atoms with Gasteiger partial charge in [-0.25, -0.2) is 0 Å². The van der Waals surface area contributed by atoms with Gasteiger partial charge in [0, 0.05) is 23.6 Å². The third kappa shape index (κ3) is 8.48. The van der Waals surface area contributed by atoms with Gasteiger partial charge in [0.1, 0.15) is 0 Å². The summed E-state index contributed by atoms with van der Waals surface area (Å²) >= 11 is 0. The van der Waals surface area contributed by atoms with Crippen molar-refractivity contribution in [3.63, 3.8) is 0 Å². The average molecular weight is 552 g/mol. The fourth-order valence-corrected chi connectivity index (χ4v) is 5.46. The molecular formula is C35H41N3O3. The Hall–Kier alpha value is -4.03. The highest BCUT2D eigenvalue weighted by Crippen LogP contribution is 2.30. The number of carbonyl (C=O) groups excluding carboxylic acids is 3. The summed E-state index contributed by atoms with van der Waals surface area (Å²) in [6.45, 7) is 5.25. The predicted octanol–water partition coefficient (Wildman–Crippen LogP) is 6.21. The van der Waals surface area contributed by atoms with Crippen LogP contribution in [0.2, 0.25) is 0 Å². The number of Topliss-reactive ketones (excluding diaryl/α,β-unsaturated/α-hetero) is 1. The topological polar surface area (TPSA) is 92.5 Å². The Bertz CT molecular complexity index is 1340. The lowest BCUT2D eigenvalue weighted by molar-refractivity contribution is -0.119. The molecule has 0 spiro atoms. The summed E-state index contributed by atoms with van der Waals surface area (Å²) in [6, 6.07) is 22.7. The van der Waals surface area contributed by atoms with Crippen LogP contribution in [0.15, 0.2) is 72.8 Å². The zero-order chi connectivity index (χ0) is 29.0. The maximum absolute atomic E-state index is 13.5. The van der Waals surface area contributed by atoms with Gasteiger partial charge < -0.3 is 11.1 Å². The molecule has 0 aromatic heterocycles. The number of carbonyl (C=O) groups is 3. The van der Waals surface area contributed by atoms with Gasteiger partial charge in [0.15, 0.2) is 5.78 Å². The molecule has 0 radical (unpaired) electrons. The molecule has 4 rings (SSSR count). The van der Waals surface area contributed by atoms with Crippen LogP contribution in [0.3, 0.4) is 0 Å². The van der Waals surface area contributed by atoms with E-state index in [1.54, 1.807) is 36.4 Å². The van der Waals surface area contributed by atoms with E-state index in [9.17, 15) is 14.4 Å². The zero-order valence-corrected chi connectivity index (χ0v) is 24.0. The van der Waals surface area contributed by atoms with E-state index in [1.165, 1.54) is 24.8 Å². The molecule has 1 aliphatic heterocycles. The second-order valence-corrected chi connectivity index (χ2v) is 10.8. The van der Waals surface area contributed by atoms with Crippen LogP contribution in [-0.4, -0.2) is 42.1 Å². The van der Waals surface area contributed by atoms with Crippen molar-refractivity contribution in [3.05, 3.63) is 106 Å². The Morgan fingerprint density at radius 1 is 0.902 bits per heavy atom. The van der Waals surface area contributed by atoms with E-state index >= 15 is 0 Å². The third-order valence-electron chi connectivity index (χ3n) is 7.75. The fourth-order valence-electron chi connectivity index (χ4n) is 5.46. The van der Waals surface area contributed by atoms with E-state index in [-0.39, 0.29) is 18.2 Å². The molecule has 0 bridgehead atoms. The van der Waals surface area contributed by atoms with Gasteiger partial charge in [-0.1, -0.05) is 92.9 Å². The van der Waals surface area contributed by atoms with E-state index in [1.807, 2.05) is 24.3 Å². The maximum atomic E-state index is 13.5. The van der Waals surface area contributed by atoms with Crippen LogP contribution in [0.4, 0.5) is 0 Å². The highest BCUT2D eigenvalue weighted by Gasteiger charge is 2.25. The molecule has 1 saturated heterocycles. The van der Waals surface area contributed by atoms with Crippen LogP contribution in [0.5, 0.6) is 0 Å². The first-order valence-corrected chi connectivity index (χ1v) is 14.7. The highest BCUT2D eigenvalue weighted by molar-refractivity contribution is 6.01. The molecule has 1 heterocycles. The second-order valence-electron chi connectivity index (χ2n) is 10.8. The van der Waals surface area contributed by atoms with Crippen molar-refractivity contribution in [2.45, 2.75) is 57.9 Å². The fraction of sp³-hybridized carbons (Fsp3) is 0.343. The molecule has 214 valence electrons. The summed E-state index contributed by atoms with van der Waals surface area (Å²) in [5, 5.41) is 2.77. The standard InChI is InChI=1S/C35H41N3O3/c1-2-3-13-31(33(39)24-37-35(41)28-11-6-4-7-12-28)29-14-10-15-32(34(36)40)30(29)21-20-26-16-18-27(19-17-26)25-38-22-8-5-9-23-38/h4,6-7,10-12,14-21,31H,2-3,5,8-9,13,22-25H2,1H3,(H2,36,40)(H,37,41). The monoisotopic (exact) mass is 551 g/mol. The number of benzene rings is 3. The molecule has 41 heavy (non-hydrogen) atoms. The molecule has 6 heteroatoms. The minimum atomic E-state index is -0.539. The Morgan fingerprint density at radius 3 is 2.32 bits per heavy atom. The highest BCUT2D eigenvalue weighted by atomic mass is 16.2. The van der Waals surface area contributed by atoms with Gasteiger partial charge in [-0.15, -0.1) is 0 Å². The van der Waals surface area contributed by atoms with Gasteiger partial charge in [0.05, 0.1) is 6.54 Å². The van der Waals surface area contributed by atoms with Crippen molar-refractivity contribution in [2.24, 2.45) is 5.73 Å². The molecule has 3 aromatic carbocycles. The van der Waals surface area contributed by atoms with Crippen LogP contribution in [0.1, 0.15) is 94.3 Å². The van der Waals surface area contributed by atoms with Crippen molar-refractivity contribution in [1.29, 1.82) is 0 Å². The number of nitrogens with one attached hydrogen (secondary N) is 1. The number of hydrogen-bond acceptors (Lipinski definition) is 4. The summed E-state index contributed by atoms with van der Waals surface area (Å²) in [4.78, 5) is 41.1. The SMILES string of the molecule is CCCCC(C(=O)CNC(=O)c1ccccc1)c1cccc(C(N)=O)c1C=Cc1ccc(CN2CCCCC2)cc1. The normalized spacial score (nSPS) is 14.6. The molecular weight excluding hydrogens is 510 g/mol. The van der Waals surface area contributed by atoms with Crippen LogP contribution in [0, 0.1) is 0 Å². The molecule has 3 N–H and O–H groups in total. The number of hydrogen-bond donors (Lipinski definition) is 2. The molecule has 1 atom stereocenters. The van der Waals surface area contributed by atoms with Gasteiger partial charge in [-0.2, -0.15) is 0 Å². The number of nitrogens with two attached hydrogens (primary N) is 1. The van der Waals surface area contributed by atoms with E-state index in [2.05, 4.69) is 41.4 Å². The Morgan fingerprint density at radius 2 is 1.63 bits per heavy atom. The molecule has 1 fully saturated rings. The lowest BCUT2D eigenvalue weighted by atomic mass is 9.84. The van der Waals surface area contributed by atoms with Gasteiger partial charge in [-0.05, 0) is 72.8 Å². The largest absolute Gasteiger partial charge is 0.366 e. The number of primary amides is 1. The van der Waals surface area contributed by atoms with Crippen LogP contribution in [0.25, 0.3) is 12.2 Å². The van der Waals surface area contributed by atoms with Crippen molar-refractivity contribution in [2.75, 3.05) is 19.6 Å². The molecule has 2 amide bonds. The van der Waals surface area contributed by atoms with Gasteiger partial charge in [0.2, 0.25) is 5.91 Å². The third-order valence-corrected chi connectivity index (χ3v) is 7.75. The van der Waals surface area contributed by atoms with Gasteiger partial charge >= 0.3 is 0 Å². The summed E-state index contributed by atoms with van der Waals surface area (Å²) in [5.41, 5.74) is 10.4. The van der Waals surface area contributed by atoms with Crippen LogP contribution >= 0.6 is 0 Å². The second kappa shape index (κ2) is 15.1. The lowest BCUT2D eigenvalue weighted by Gasteiger charge is -2.26. The molecule has 1 aliphatic rings. The summed E-state index contributed by atoms with van der Waals surface area (Å²) in [7, 11) is 0. The molecule has 0 aliphatic carbocycles. The minimum absolute atomic E-state index is 0.0927. The Balaban J connectivity index is 1.55. The van der Waals surface area contributed by atoms with Crippen molar-refractivity contribution >= 4 is 29.7 Å². The smallest absolute Gasteiger partial charge is 0.251 e. The number of likely N-dealkylation sites (tertiary alicyclic amines) is 1. The van der Waals surface area contributed by atoms with Crippen LogP contribution < -0.4 is 11.1 Å².